The fourth-order valence-electron chi connectivity index (χ4n) is 3.57. The van der Waals surface area contributed by atoms with Crippen LogP contribution in [0.1, 0.15) is 0 Å². The Morgan fingerprint density at radius 2 is 2.00 bits per heavy atom. The van der Waals surface area contributed by atoms with Crippen molar-refractivity contribution in [2.75, 3.05) is 18.6 Å². The van der Waals surface area contributed by atoms with Gasteiger partial charge in [-0.15, -0.1) is 0 Å². The number of carbonyl (C=O) groups is 1. The second-order valence-electron chi connectivity index (χ2n) is 7.59. The highest BCUT2D eigenvalue weighted by Crippen LogP contribution is 2.25. The zero-order chi connectivity index (χ0) is 23.7. The molecule has 0 unspecified atom stereocenters. The van der Waals surface area contributed by atoms with E-state index in [2.05, 4.69) is 10.1 Å². The minimum absolute atomic E-state index is 0.235. The molecule has 0 radical (unpaired) electrons. The van der Waals surface area contributed by atoms with Gasteiger partial charge < -0.3 is 23.7 Å². The van der Waals surface area contributed by atoms with Crippen molar-refractivity contribution in [1.82, 2.24) is 9.38 Å². The van der Waals surface area contributed by atoms with Crippen molar-refractivity contribution < 1.29 is 23.5 Å². The second-order valence-corrected chi connectivity index (χ2v) is 7.59. The van der Waals surface area contributed by atoms with E-state index in [1.165, 1.54) is 29.2 Å². The van der Waals surface area contributed by atoms with E-state index < -0.39 is 0 Å². The van der Waals surface area contributed by atoms with E-state index in [4.69, 9.17) is 9.15 Å². The van der Waals surface area contributed by atoms with Crippen LogP contribution in [0, 0.1) is 5.82 Å². The molecule has 9 heteroatoms. The highest BCUT2D eigenvalue weighted by atomic mass is 19.1. The molecule has 0 fully saturated rings. The number of halogens is 1. The van der Waals surface area contributed by atoms with E-state index in [9.17, 15) is 14.4 Å². The predicted molar refractivity (Wildman–Crippen MR) is 123 cm³/mol. The standard InChI is InChI=1S/C25H19FN4O4/c1-29(17-6-4-16(26)5-7-17)25(31)14-33-19-8-9-23-20(12-19)21(28-32)13-24(34-23)22-11-18-3-2-10-30(18)15-27-22/h2-13,15,32H,14H2,1H3/b28-21-. The summed E-state index contributed by atoms with van der Waals surface area (Å²) in [7, 11) is 1.59. The van der Waals surface area contributed by atoms with E-state index in [0.717, 1.165) is 5.52 Å². The Balaban J connectivity index is 1.39. The van der Waals surface area contributed by atoms with Gasteiger partial charge in [-0.2, -0.15) is 0 Å². The van der Waals surface area contributed by atoms with Crippen molar-refractivity contribution in [2.24, 2.45) is 5.16 Å². The minimum Gasteiger partial charge on any atom is -0.484 e. The third kappa shape index (κ3) is 4.06. The number of aromatic nitrogens is 2. The number of hydrogen-bond acceptors (Lipinski definition) is 6. The van der Waals surface area contributed by atoms with Crippen molar-refractivity contribution in [1.29, 1.82) is 0 Å². The van der Waals surface area contributed by atoms with Gasteiger partial charge in [0.25, 0.3) is 5.91 Å². The third-order valence-electron chi connectivity index (χ3n) is 5.44. The van der Waals surface area contributed by atoms with Gasteiger partial charge in [0.05, 0.1) is 11.7 Å². The number of amides is 1. The number of carbonyl (C=O) groups excluding carboxylic acids is 1. The van der Waals surface area contributed by atoms with Crippen LogP contribution in [0.3, 0.4) is 0 Å². The summed E-state index contributed by atoms with van der Waals surface area (Å²) in [4.78, 5) is 18.3. The van der Waals surface area contributed by atoms with Crippen LogP contribution in [-0.2, 0) is 4.79 Å². The van der Waals surface area contributed by atoms with Gasteiger partial charge in [-0.05, 0) is 60.7 Å². The van der Waals surface area contributed by atoms with Gasteiger partial charge in [-0.1, -0.05) is 5.16 Å². The number of benzene rings is 2. The second kappa shape index (κ2) is 8.70. The topological polar surface area (TPSA) is 92.6 Å². The summed E-state index contributed by atoms with van der Waals surface area (Å²) in [5.74, 6) is 0.144. The molecule has 170 valence electrons. The molecule has 1 N–H and O–H groups in total. The van der Waals surface area contributed by atoms with Gasteiger partial charge >= 0.3 is 0 Å². The Labute approximate surface area is 192 Å². The molecule has 0 bridgehead atoms. The summed E-state index contributed by atoms with van der Waals surface area (Å²) >= 11 is 0. The normalized spacial score (nSPS) is 11.8. The van der Waals surface area contributed by atoms with Crippen molar-refractivity contribution in [3.8, 4) is 17.2 Å². The molecule has 0 saturated heterocycles. The quantitative estimate of drug-likeness (QED) is 0.315. The first kappa shape index (κ1) is 21.2. The predicted octanol–water partition coefficient (Wildman–Crippen LogP) is 4.22. The average molecular weight is 458 g/mol. The van der Waals surface area contributed by atoms with Crippen LogP contribution < -0.4 is 15.0 Å². The van der Waals surface area contributed by atoms with Crippen LogP contribution in [0.2, 0.25) is 0 Å². The van der Waals surface area contributed by atoms with Gasteiger partial charge in [-0.25, -0.2) is 9.37 Å². The van der Waals surface area contributed by atoms with Crippen LogP contribution in [0.5, 0.6) is 5.75 Å². The van der Waals surface area contributed by atoms with Crippen molar-refractivity contribution in [2.45, 2.75) is 0 Å². The lowest BCUT2D eigenvalue weighted by molar-refractivity contribution is -0.120. The van der Waals surface area contributed by atoms with Crippen LogP contribution in [0.4, 0.5) is 10.1 Å². The van der Waals surface area contributed by atoms with E-state index in [-0.39, 0.29) is 23.7 Å². The van der Waals surface area contributed by atoms with Gasteiger partial charge in [0.15, 0.2) is 12.4 Å². The number of rotatable bonds is 5. The first-order chi connectivity index (χ1) is 16.5. The molecule has 3 aromatic heterocycles. The SMILES string of the molecule is CN(C(=O)COc1ccc2oc(-c3cc4cccn4cn3)c/c(=N/O)c2c1)c1ccc(F)cc1. The number of hydrogen-bond donors (Lipinski definition) is 1. The molecule has 0 saturated carbocycles. The van der Waals surface area contributed by atoms with Crippen LogP contribution >= 0.6 is 0 Å². The number of nitrogens with zero attached hydrogens (tertiary/aromatic N) is 4. The van der Waals surface area contributed by atoms with Crippen molar-refractivity contribution in [3.63, 3.8) is 0 Å². The lowest BCUT2D eigenvalue weighted by Gasteiger charge is -2.17. The molecule has 5 rings (SSSR count). The fourth-order valence-corrected chi connectivity index (χ4v) is 3.57. The highest BCUT2D eigenvalue weighted by Gasteiger charge is 2.13. The van der Waals surface area contributed by atoms with E-state index in [0.29, 0.717) is 33.9 Å². The average Bonchev–Trinajstić information content (AvgIpc) is 3.34. The molecule has 34 heavy (non-hydrogen) atoms. The van der Waals surface area contributed by atoms with Crippen LogP contribution in [0.15, 0.2) is 88.8 Å². The summed E-state index contributed by atoms with van der Waals surface area (Å²) < 4.78 is 26.6. The summed E-state index contributed by atoms with van der Waals surface area (Å²) in [5, 5.41) is 13.8. The molecular weight excluding hydrogens is 439 g/mol. The summed E-state index contributed by atoms with van der Waals surface area (Å²) in [6, 6.07) is 17.9. The Morgan fingerprint density at radius 1 is 1.18 bits per heavy atom. The van der Waals surface area contributed by atoms with E-state index >= 15 is 0 Å². The molecule has 2 aromatic carbocycles. The Kier molecular flexibility index (Phi) is 5.43. The Morgan fingerprint density at radius 3 is 2.79 bits per heavy atom. The Bertz CT molecular complexity index is 1570. The molecule has 0 aliphatic heterocycles. The number of likely N-dealkylation sites (N-methyl/N-ethyl adjacent to an activating group) is 1. The van der Waals surface area contributed by atoms with Gasteiger partial charge in [0.1, 0.15) is 28.2 Å². The summed E-state index contributed by atoms with van der Waals surface area (Å²) in [5.41, 5.74) is 2.55. The first-order valence-electron chi connectivity index (χ1n) is 10.4. The Hall–Kier alpha value is -4.66. The van der Waals surface area contributed by atoms with Gasteiger partial charge in [0, 0.05) is 30.5 Å². The lowest BCUT2D eigenvalue weighted by Crippen LogP contribution is -2.31. The molecule has 0 aliphatic carbocycles. The van der Waals surface area contributed by atoms with Gasteiger partial charge in [0.2, 0.25) is 0 Å². The summed E-state index contributed by atoms with van der Waals surface area (Å²) in [6.45, 7) is -0.235. The monoisotopic (exact) mass is 458 g/mol. The molecule has 3 heterocycles. The first-order valence-corrected chi connectivity index (χ1v) is 10.4. The maximum absolute atomic E-state index is 13.1. The van der Waals surface area contributed by atoms with E-state index in [1.54, 1.807) is 37.6 Å². The van der Waals surface area contributed by atoms with Crippen LogP contribution in [-0.4, -0.2) is 34.2 Å². The number of fused-ring (bicyclic) bond motifs is 2. The molecule has 1 amide bonds. The zero-order valence-corrected chi connectivity index (χ0v) is 18.1. The molecule has 0 atom stereocenters. The van der Waals surface area contributed by atoms with Crippen molar-refractivity contribution >= 4 is 28.1 Å². The van der Waals surface area contributed by atoms with Gasteiger partial charge in [-0.3, -0.25) is 4.79 Å². The zero-order valence-electron chi connectivity index (χ0n) is 18.1. The fraction of sp³-hybridized carbons (Fsp3) is 0.0800. The summed E-state index contributed by atoms with van der Waals surface area (Å²) in [6.07, 6.45) is 3.57. The maximum atomic E-state index is 13.1. The molecule has 0 aliphatic rings. The highest BCUT2D eigenvalue weighted by molar-refractivity contribution is 5.94. The smallest absolute Gasteiger partial charge is 0.264 e. The van der Waals surface area contributed by atoms with E-state index in [1.807, 2.05) is 28.8 Å². The lowest BCUT2D eigenvalue weighted by atomic mass is 10.2. The van der Waals surface area contributed by atoms with Crippen molar-refractivity contribution in [3.05, 3.63) is 90.4 Å². The molecular formula is C25H19FN4O4. The molecule has 8 nitrogen and oxygen atoms in total. The molecule has 0 spiro atoms. The number of ether oxygens (including phenoxy) is 1. The minimum atomic E-state index is -0.378. The molecule has 5 aromatic rings. The number of anilines is 1. The largest absolute Gasteiger partial charge is 0.484 e. The maximum Gasteiger partial charge on any atom is 0.264 e. The third-order valence-corrected chi connectivity index (χ3v) is 5.44. The van der Waals surface area contributed by atoms with Crippen LogP contribution in [0.25, 0.3) is 27.9 Å².